The van der Waals surface area contributed by atoms with Crippen LogP contribution in [-0.4, -0.2) is 26.7 Å². The molecule has 22 heavy (non-hydrogen) atoms. The Morgan fingerprint density at radius 3 is 1.86 bits per heavy atom. The molecule has 0 unspecified atom stereocenters. The zero-order chi connectivity index (χ0) is 15.8. The molecular weight excluding hydrogens is 280 g/mol. The zero-order valence-corrected chi connectivity index (χ0v) is 12.8. The van der Waals surface area contributed by atoms with E-state index in [0.717, 1.165) is 22.9 Å². The van der Waals surface area contributed by atoms with Gasteiger partial charge in [-0.05, 0) is 48.5 Å². The first-order valence-electron chi connectivity index (χ1n) is 7.03. The molecule has 0 aliphatic carbocycles. The number of hydrogen-bond acceptors (Lipinski definition) is 4. The number of amides is 1. The van der Waals surface area contributed by atoms with E-state index in [1.165, 1.54) is 0 Å². The van der Waals surface area contributed by atoms with Gasteiger partial charge in [0.2, 0.25) is 5.91 Å². The largest absolute Gasteiger partial charge is 0.497 e. The number of carbonyl (C=O) groups is 1. The van der Waals surface area contributed by atoms with Crippen LogP contribution in [0.5, 0.6) is 11.5 Å². The van der Waals surface area contributed by atoms with E-state index in [2.05, 4.69) is 10.6 Å². The normalized spacial score (nSPS) is 9.91. The lowest BCUT2D eigenvalue weighted by Crippen LogP contribution is -2.16. The van der Waals surface area contributed by atoms with Crippen LogP contribution in [-0.2, 0) is 4.79 Å². The highest BCUT2D eigenvalue weighted by molar-refractivity contribution is 5.91. The van der Waals surface area contributed by atoms with E-state index in [4.69, 9.17) is 9.47 Å². The van der Waals surface area contributed by atoms with Gasteiger partial charge < -0.3 is 20.1 Å². The average molecular weight is 300 g/mol. The molecule has 5 nitrogen and oxygen atoms in total. The van der Waals surface area contributed by atoms with Crippen molar-refractivity contribution in [2.24, 2.45) is 0 Å². The Kier molecular flexibility index (Phi) is 5.65. The topological polar surface area (TPSA) is 59.6 Å². The van der Waals surface area contributed by atoms with E-state index in [0.29, 0.717) is 13.0 Å². The third kappa shape index (κ3) is 4.70. The maximum absolute atomic E-state index is 11.9. The van der Waals surface area contributed by atoms with Crippen molar-refractivity contribution in [2.75, 3.05) is 31.4 Å². The minimum absolute atomic E-state index is 0.0359. The average Bonchev–Trinajstić information content (AvgIpc) is 2.56. The molecule has 0 heterocycles. The quantitative estimate of drug-likeness (QED) is 0.824. The van der Waals surface area contributed by atoms with Crippen LogP contribution < -0.4 is 20.1 Å². The highest BCUT2D eigenvalue weighted by Crippen LogP contribution is 2.16. The standard InChI is InChI=1S/C17H20N2O3/c1-21-15-7-3-13(4-8-15)18-12-11-17(20)19-14-5-9-16(22-2)10-6-14/h3-10,18H,11-12H2,1-2H3,(H,19,20). The Labute approximate surface area is 130 Å². The van der Waals surface area contributed by atoms with Crippen molar-refractivity contribution in [3.05, 3.63) is 48.5 Å². The number of benzene rings is 2. The minimum atomic E-state index is -0.0359. The number of nitrogens with one attached hydrogen (secondary N) is 2. The predicted octanol–water partition coefficient (Wildman–Crippen LogP) is 3.14. The van der Waals surface area contributed by atoms with E-state index in [1.807, 2.05) is 48.5 Å². The number of hydrogen-bond donors (Lipinski definition) is 2. The predicted molar refractivity (Wildman–Crippen MR) is 87.7 cm³/mol. The van der Waals surface area contributed by atoms with Crippen molar-refractivity contribution >= 4 is 17.3 Å². The Hall–Kier alpha value is -2.69. The van der Waals surface area contributed by atoms with Crippen LogP contribution >= 0.6 is 0 Å². The number of carbonyl (C=O) groups excluding carboxylic acids is 1. The summed E-state index contributed by atoms with van der Waals surface area (Å²) in [5, 5.41) is 6.04. The van der Waals surface area contributed by atoms with Gasteiger partial charge in [-0.2, -0.15) is 0 Å². The third-order valence-corrected chi connectivity index (χ3v) is 3.14. The fourth-order valence-electron chi connectivity index (χ4n) is 1.93. The molecule has 0 radical (unpaired) electrons. The summed E-state index contributed by atoms with van der Waals surface area (Å²) in [4.78, 5) is 11.9. The SMILES string of the molecule is COc1ccc(NCCC(=O)Nc2ccc(OC)cc2)cc1. The zero-order valence-electron chi connectivity index (χ0n) is 12.8. The summed E-state index contributed by atoms with van der Waals surface area (Å²) in [5.74, 6) is 1.54. The lowest BCUT2D eigenvalue weighted by atomic mass is 10.2. The van der Waals surface area contributed by atoms with E-state index < -0.39 is 0 Å². The summed E-state index contributed by atoms with van der Waals surface area (Å²) in [6.45, 7) is 0.564. The molecular formula is C17H20N2O3. The first-order chi connectivity index (χ1) is 10.7. The number of anilines is 2. The molecule has 1 amide bonds. The van der Waals surface area contributed by atoms with Crippen LogP contribution in [0.3, 0.4) is 0 Å². The molecule has 2 rings (SSSR count). The molecule has 2 aromatic rings. The second-order valence-electron chi connectivity index (χ2n) is 4.68. The number of methoxy groups -OCH3 is 2. The molecule has 2 N–H and O–H groups in total. The highest BCUT2D eigenvalue weighted by atomic mass is 16.5. The molecule has 0 saturated heterocycles. The second-order valence-corrected chi connectivity index (χ2v) is 4.68. The highest BCUT2D eigenvalue weighted by Gasteiger charge is 2.02. The monoisotopic (exact) mass is 300 g/mol. The molecule has 0 aromatic heterocycles. The lowest BCUT2D eigenvalue weighted by molar-refractivity contribution is -0.115. The van der Waals surface area contributed by atoms with Crippen LogP contribution in [0.15, 0.2) is 48.5 Å². The second kappa shape index (κ2) is 7.93. The molecule has 0 aliphatic rings. The molecule has 0 saturated carbocycles. The summed E-state index contributed by atoms with van der Waals surface area (Å²) in [6, 6.07) is 14.8. The Morgan fingerprint density at radius 1 is 0.864 bits per heavy atom. The van der Waals surface area contributed by atoms with Crippen LogP contribution in [0.25, 0.3) is 0 Å². The number of rotatable bonds is 7. The summed E-state index contributed by atoms with van der Waals surface area (Å²) >= 11 is 0. The van der Waals surface area contributed by atoms with Crippen molar-refractivity contribution in [3.63, 3.8) is 0 Å². The smallest absolute Gasteiger partial charge is 0.226 e. The van der Waals surface area contributed by atoms with Crippen molar-refractivity contribution in [1.82, 2.24) is 0 Å². The summed E-state index contributed by atoms with van der Waals surface area (Å²) in [7, 11) is 3.24. The van der Waals surface area contributed by atoms with Crippen molar-refractivity contribution in [2.45, 2.75) is 6.42 Å². The van der Waals surface area contributed by atoms with E-state index in [9.17, 15) is 4.79 Å². The van der Waals surface area contributed by atoms with Gasteiger partial charge in [-0.25, -0.2) is 0 Å². The summed E-state index contributed by atoms with van der Waals surface area (Å²) in [6.07, 6.45) is 0.387. The van der Waals surface area contributed by atoms with Gasteiger partial charge in [0.05, 0.1) is 14.2 Å². The van der Waals surface area contributed by atoms with Gasteiger partial charge in [0.25, 0.3) is 0 Å². The van der Waals surface area contributed by atoms with E-state index in [-0.39, 0.29) is 5.91 Å². The van der Waals surface area contributed by atoms with Gasteiger partial charge in [-0.1, -0.05) is 0 Å². The fourth-order valence-corrected chi connectivity index (χ4v) is 1.93. The molecule has 0 atom stereocenters. The fraction of sp³-hybridized carbons (Fsp3) is 0.235. The summed E-state index contributed by atoms with van der Waals surface area (Å²) in [5.41, 5.74) is 1.72. The molecule has 0 spiro atoms. The van der Waals surface area contributed by atoms with Crippen LogP contribution in [0.1, 0.15) is 6.42 Å². The molecule has 116 valence electrons. The van der Waals surface area contributed by atoms with Crippen molar-refractivity contribution < 1.29 is 14.3 Å². The van der Waals surface area contributed by atoms with Crippen molar-refractivity contribution in [3.8, 4) is 11.5 Å². The minimum Gasteiger partial charge on any atom is -0.497 e. The van der Waals surface area contributed by atoms with Crippen LogP contribution in [0.4, 0.5) is 11.4 Å². The first kappa shape index (κ1) is 15.7. The summed E-state index contributed by atoms with van der Waals surface area (Å²) < 4.78 is 10.2. The Bertz CT molecular complexity index is 594. The molecule has 5 heteroatoms. The van der Waals surface area contributed by atoms with Gasteiger partial charge in [0, 0.05) is 24.3 Å². The molecule has 0 bridgehead atoms. The van der Waals surface area contributed by atoms with Gasteiger partial charge >= 0.3 is 0 Å². The Morgan fingerprint density at radius 2 is 1.36 bits per heavy atom. The van der Waals surface area contributed by atoms with Crippen LogP contribution in [0, 0.1) is 0 Å². The van der Waals surface area contributed by atoms with E-state index in [1.54, 1.807) is 14.2 Å². The molecule has 0 fully saturated rings. The van der Waals surface area contributed by atoms with Crippen molar-refractivity contribution in [1.29, 1.82) is 0 Å². The molecule has 0 aliphatic heterocycles. The maximum atomic E-state index is 11.9. The van der Waals surface area contributed by atoms with Gasteiger partial charge in [-0.15, -0.1) is 0 Å². The Balaban J connectivity index is 1.74. The van der Waals surface area contributed by atoms with Gasteiger partial charge in [0.15, 0.2) is 0 Å². The number of ether oxygens (including phenoxy) is 2. The van der Waals surface area contributed by atoms with Gasteiger partial charge in [-0.3, -0.25) is 4.79 Å². The van der Waals surface area contributed by atoms with E-state index >= 15 is 0 Å². The van der Waals surface area contributed by atoms with Gasteiger partial charge in [0.1, 0.15) is 11.5 Å². The molecule has 2 aromatic carbocycles. The maximum Gasteiger partial charge on any atom is 0.226 e. The first-order valence-corrected chi connectivity index (χ1v) is 7.03. The lowest BCUT2D eigenvalue weighted by Gasteiger charge is -2.08. The third-order valence-electron chi connectivity index (χ3n) is 3.14. The van der Waals surface area contributed by atoms with Crippen LogP contribution in [0.2, 0.25) is 0 Å².